The number of anilines is 1. The molecule has 2 N–H and O–H groups in total. The molecule has 0 radical (unpaired) electrons. The number of nitrogens with one attached hydrogen (secondary N) is 2. The molecular weight excluding hydrogens is 404 g/mol. The van der Waals surface area contributed by atoms with Crippen molar-refractivity contribution in [1.82, 2.24) is 9.97 Å². The summed E-state index contributed by atoms with van der Waals surface area (Å²) in [6.45, 7) is 6.20. The topological polar surface area (TPSA) is 88.6 Å². The predicted molar refractivity (Wildman–Crippen MR) is 120 cm³/mol. The second-order valence-corrected chi connectivity index (χ2v) is 7.05. The van der Waals surface area contributed by atoms with Crippen LogP contribution in [0.5, 0.6) is 11.5 Å². The third kappa shape index (κ3) is 5.61. The van der Waals surface area contributed by atoms with Gasteiger partial charge in [0.1, 0.15) is 0 Å². The zero-order valence-corrected chi connectivity index (χ0v) is 17.7. The fourth-order valence-electron chi connectivity index (χ4n) is 2.71. The van der Waals surface area contributed by atoms with Gasteiger partial charge in [-0.1, -0.05) is 41.9 Å². The van der Waals surface area contributed by atoms with Crippen molar-refractivity contribution < 1.29 is 9.47 Å². The van der Waals surface area contributed by atoms with E-state index in [4.69, 9.17) is 21.1 Å². The van der Waals surface area contributed by atoms with Gasteiger partial charge in [-0.2, -0.15) is 5.10 Å². The average Bonchev–Trinajstić information content (AvgIpc) is 2.71. The van der Waals surface area contributed by atoms with Crippen LogP contribution in [0.25, 0.3) is 11.3 Å². The number of nitrogens with zero attached hydrogens (tertiary/aromatic N) is 2. The number of H-pyrrole nitrogens is 1. The Morgan fingerprint density at radius 2 is 2.00 bits per heavy atom. The first-order valence-corrected chi connectivity index (χ1v) is 9.93. The van der Waals surface area contributed by atoms with Gasteiger partial charge >= 0.3 is 0 Å². The van der Waals surface area contributed by atoms with E-state index in [1.165, 1.54) is 6.07 Å². The zero-order chi connectivity index (χ0) is 21.5. The molecule has 0 saturated carbocycles. The fourth-order valence-corrected chi connectivity index (χ4v) is 2.97. The summed E-state index contributed by atoms with van der Waals surface area (Å²) in [4.78, 5) is 19.0. The second kappa shape index (κ2) is 9.93. The maximum Gasteiger partial charge on any atom is 0.252 e. The van der Waals surface area contributed by atoms with Crippen molar-refractivity contribution in [2.75, 3.05) is 12.0 Å². The normalized spacial score (nSPS) is 11.1. The SMILES string of the molecule is CCOc1cc(/C=N\Nc2nc(-c3ccccc3)cc(=O)[nH]2)cc(Cl)c1OC(C)C. The van der Waals surface area contributed by atoms with Crippen molar-refractivity contribution in [3.8, 4) is 22.8 Å². The van der Waals surface area contributed by atoms with Gasteiger partial charge in [0, 0.05) is 11.6 Å². The Morgan fingerprint density at radius 3 is 2.70 bits per heavy atom. The van der Waals surface area contributed by atoms with Crippen LogP contribution in [-0.2, 0) is 0 Å². The van der Waals surface area contributed by atoms with Crippen LogP contribution in [0.2, 0.25) is 5.02 Å². The van der Waals surface area contributed by atoms with E-state index in [0.717, 1.165) is 5.56 Å². The van der Waals surface area contributed by atoms with Gasteiger partial charge in [0.15, 0.2) is 11.5 Å². The molecule has 0 saturated heterocycles. The quantitative estimate of drug-likeness (QED) is 0.402. The molecule has 0 atom stereocenters. The van der Waals surface area contributed by atoms with Crippen LogP contribution >= 0.6 is 11.6 Å². The summed E-state index contributed by atoms with van der Waals surface area (Å²) in [6.07, 6.45) is 1.52. The lowest BCUT2D eigenvalue weighted by Crippen LogP contribution is -2.10. The van der Waals surface area contributed by atoms with Crippen LogP contribution in [0.15, 0.2) is 58.4 Å². The van der Waals surface area contributed by atoms with Crippen molar-refractivity contribution in [3.63, 3.8) is 0 Å². The molecule has 0 fully saturated rings. The lowest BCUT2D eigenvalue weighted by molar-refractivity contribution is 0.224. The summed E-state index contributed by atoms with van der Waals surface area (Å²) < 4.78 is 11.4. The first-order chi connectivity index (χ1) is 14.5. The van der Waals surface area contributed by atoms with Crippen LogP contribution in [0.4, 0.5) is 5.95 Å². The van der Waals surface area contributed by atoms with Crippen LogP contribution in [-0.4, -0.2) is 28.9 Å². The van der Waals surface area contributed by atoms with Crippen LogP contribution in [0.1, 0.15) is 26.3 Å². The smallest absolute Gasteiger partial charge is 0.252 e. The van der Waals surface area contributed by atoms with Gasteiger partial charge in [0.2, 0.25) is 5.95 Å². The molecule has 8 heteroatoms. The number of aromatic nitrogens is 2. The molecule has 1 heterocycles. The number of ether oxygens (including phenoxy) is 2. The number of rotatable bonds is 8. The van der Waals surface area contributed by atoms with Crippen molar-refractivity contribution >= 4 is 23.8 Å². The molecule has 0 bridgehead atoms. The molecule has 7 nitrogen and oxygen atoms in total. The first kappa shape index (κ1) is 21.4. The highest BCUT2D eigenvalue weighted by atomic mass is 35.5. The highest BCUT2D eigenvalue weighted by molar-refractivity contribution is 6.32. The van der Waals surface area contributed by atoms with E-state index >= 15 is 0 Å². The third-order valence-corrected chi connectivity index (χ3v) is 4.16. The van der Waals surface area contributed by atoms with E-state index in [2.05, 4.69) is 20.5 Å². The first-order valence-electron chi connectivity index (χ1n) is 9.55. The Balaban J connectivity index is 1.81. The van der Waals surface area contributed by atoms with E-state index in [1.807, 2.05) is 51.1 Å². The maximum atomic E-state index is 12.0. The van der Waals surface area contributed by atoms with Gasteiger partial charge < -0.3 is 9.47 Å². The minimum atomic E-state index is -0.279. The Bertz CT molecular complexity index is 1080. The van der Waals surface area contributed by atoms with E-state index in [0.29, 0.717) is 34.4 Å². The largest absolute Gasteiger partial charge is 0.490 e. The van der Waals surface area contributed by atoms with Gasteiger partial charge in [-0.3, -0.25) is 9.78 Å². The van der Waals surface area contributed by atoms with Gasteiger partial charge in [-0.15, -0.1) is 0 Å². The summed E-state index contributed by atoms with van der Waals surface area (Å²) in [7, 11) is 0. The number of halogens is 1. The maximum absolute atomic E-state index is 12.0. The second-order valence-electron chi connectivity index (χ2n) is 6.64. The highest BCUT2D eigenvalue weighted by Gasteiger charge is 2.13. The summed E-state index contributed by atoms with van der Waals surface area (Å²) in [5.74, 6) is 1.27. The average molecular weight is 427 g/mol. The molecule has 3 rings (SSSR count). The molecule has 0 aliphatic rings. The van der Waals surface area contributed by atoms with Crippen molar-refractivity contribution in [3.05, 3.63) is 69.5 Å². The third-order valence-electron chi connectivity index (χ3n) is 3.88. The van der Waals surface area contributed by atoms with E-state index in [1.54, 1.807) is 18.3 Å². The molecule has 1 aromatic heterocycles. The highest BCUT2D eigenvalue weighted by Crippen LogP contribution is 2.37. The fraction of sp³-hybridized carbons (Fsp3) is 0.227. The monoisotopic (exact) mass is 426 g/mol. The van der Waals surface area contributed by atoms with Crippen LogP contribution < -0.4 is 20.5 Å². The van der Waals surface area contributed by atoms with E-state index < -0.39 is 0 Å². The molecular formula is C22H23ClN4O3. The van der Waals surface area contributed by atoms with E-state index in [9.17, 15) is 4.79 Å². The van der Waals surface area contributed by atoms with Gasteiger partial charge in [0.25, 0.3) is 5.56 Å². The Labute approximate surface area is 179 Å². The number of benzene rings is 2. The van der Waals surface area contributed by atoms with Crippen molar-refractivity contribution in [2.24, 2.45) is 5.10 Å². The summed E-state index contributed by atoms with van der Waals surface area (Å²) >= 11 is 6.37. The Morgan fingerprint density at radius 1 is 1.23 bits per heavy atom. The number of aromatic amines is 1. The van der Waals surface area contributed by atoms with E-state index in [-0.39, 0.29) is 17.6 Å². The van der Waals surface area contributed by atoms with Crippen LogP contribution in [0.3, 0.4) is 0 Å². The molecule has 156 valence electrons. The molecule has 3 aromatic rings. The number of hydrogen-bond donors (Lipinski definition) is 2. The Kier molecular flexibility index (Phi) is 7.08. The van der Waals surface area contributed by atoms with Gasteiger partial charge in [0.05, 0.1) is 29.6 Å². The summed E-state index contributed by atoms with van der Waals surface area (Å²) in [5, 5.41) is 4.58. The Hall–Kier alpha value is -3.32. The molecule has 0 unspecified atom stereocenters. The molecule has 2 aromatic carbocycles. The minimum absolute atomic E-state index is 0.0392. The van der Waals surface area contributed by atoms with Gasteiger partial charge in [-0.05, 0) is 38.5 Å². The molecule has 0 amide bonds. The lowest BCUT2D eigenvalue weighted by atomic mass is 10.1. The molecule has 0 aliphatic heterocycles. The van der Waals surface area contributed by atoms with Crippen LogP contribution in [0, 0.1) is 0 Å². The predicted octanol–water partition coefficient (Wildman–Crippen LogP) is 4.72. The lowest BCUT2D eigenvalue weighted by Gasteiger charge is -2.16. The van der Waals surface area contributed by atoms with Crippen molar-refractivity contribution in [1.29, 1.82) is 0 Å². The van der Waals surface area contributed by atoms with Gasteiger partial charge in [-0.25, -0.2) is 10.4 Å². The minimum Gasteiger partial charge on any atom is -0.490 e. The molecule has 0 aliphatic carbocycles. The van der Waals surface area contributed by atoms with Crippen molar-refractivity contribution in [2.45, 2.75) is 26.9 Å². The summed E-state index contributed by atoms with van der Waals surface area (Å²) in [5.41, 5.74) is 4.56. The summed E-state index contributed by atoms with van der Waals surface area (Å²) in [6, 6.07) is 14.4. The number of hydrazone groups is 1. The standard InChI is InChI=1S/C22H23ClN4O3/c1-4-29-19-11-15(10-17(23)21(19)30-14(2)3)13-24-27-22-25-18(12-20(28)26-22)16-8-6-5-7-9-16/h5-14H,4H2,1-3H3,(H2,25,26,27,28)/b24-13-. The zero-order valence-electron chi connectivity index (χ0n) is 17.0. The molecule has 0 spiro atoms. The molecule has 30 heavy (non-hydrogen) atoms. The number of hydrogen-bond acceptors (Lipinski definition) is 6.